The Balaban J connectivity index is 2.19. The van der Waals surface area contributed by atoms with Gasteiger partial charge in [-0.1, -0.05) is 37.6 Å². The van der Waals surface area contributed by atoms with Crippen LogP contribution in [-0.4, -0.2) is 5.91 Å². The smallest absolute Gasteiger partial charge is 0.255 e. The lowest BCUT2D eigenvalue weighted by atomic mass is 10.0. The summed E-state index contributed by atoms with van der Waals surface area (Å²) in [5, 5.41) is 3.49. The summed E-state index contributed by atoms with van der Waals surface area (Å²) in [6, 6.07) is 13.2. The van der Waals surface area contributed by atoms with Gasteiger partial charge in [0.2, 0.25) is 0 Å². The average Bonchev–Trinajstić information content (AvgIpc) is 2.42. The van der Waals surface area contributed by atoms with Crippen molar-refractivity contribution in [2.45, 2.75) is 19.8 Å². The van der Waals surface area contributed by atoms with Gasteiger partial charge in [-0.25, -0.2) is 0 Å². The van der Waals surface area contributed by atoms with Gasteiger partial charge >= 0.3 is 0 Å². The largest absolute Gasteiger partial charge is 0.322 e. The molecule has 0 saturated carbocycles. The van der Waals surface area contributed by atoms with Gasteiger partial charge < -0.3 is 5.32 Å². The average molecular weight is 400 g/mol. The molecule has 0 aromatic heterocycles. The molecule has 1 amide bonds. The molecular formula is C16H15ClINO. The van der Waals surface area contributed by atoms with E-state index in [-0.39, 0.29) is 5.91 Å². The number of amides is 1. The maximum absolute atomic E-state index is 12.2. The molecule has 0 heterocycles. The number of rotatable bonds is 3. The van der Waals surface area contributed by atoms with Gasteiger partial charge in [0.15, 0.2) is 0 Å². The van der Waals surface area contributed by atoms with Crippen molar-refractivity contribution in [2.75, 3.05) is 5.32 Å². The van der Waals surface area contributed by atoms with Gasteiger partial charge in [-0.3, -0.25) is 4.79 Å². The van der Waals surface area contributed by atoms with Crippen LogP contribution in [0, 0.1) is 3.57 Å². The van der Waals surface area contributed by atoms with E-state index in [4.69, 9.17) is 11.6 Å². The molecule has 0 saturated heterocycles. The minimum atomic E-state index is -0.149. The van der Waals surface area contributed by atoms with Crippen molar-refractivity contribution >= 4 is 45.8 Å². The van der Waals surface area contributed by atoms with Crippen molar-refractivity contribution in [1.82, 2.24) is 0 Å². The zero-order valence-corrected chi connectivity index (χ0v) is 14.2. The number of anilines is 1. The monoisotopic (exact) mass is 399 g/mol. The van der Waals surface area contributed by atoms with Crippen molar-refractivity contribution < 1.29 is 4.79 Å². The molecule has 0 radical (unpaired) electrons. The lowest BCUT2D eigenvalue weighted by molar-refractivity contribution is 0.102. The van der Waals surface area contributed by atoms with Gasteiger partial charge in [-0.2, -0.15) is 0 Å². The van der Waals surface area contributed by atoms with Crippen molar-refractivity contribution in [1.29, 1.82) is 0 Å². The molecule has 0 aliphatic rings. The fraction of sp³-hybridized carbons (Fsp3) is 0.188. The summed E-state index contributed by atoms with van der Waals surface area (Å²) in [4.78, 5) is 12.2. The quantitative estimate of drug-likeness (QED) is 0.695. The second kappa shape index (κ2) is 6.59. The molecule has 0 aliphatic heterocycles. The molecule has 0 fully saturated rings. The Morgan fingerprint density at radius 1 is 1.20 bits per heavy atom. The maximum Gasteiger partial charge on any atom is 0.255 e. The molecule has 0 aliphatic carbocycles. The molecule has 0 atom stereocenters. The third-order valence-corrected chi connectivity index (χ3v) is 4.57. The van der Waals surface area contributed by atoms with Crippen LogP contribution in [0.15, 0.2) is 42.5 Å². The molecule has 0 unspecified atom stereocenters. The molecule has 2 aromatic carbocycles. The summed E-state index contributed by atoms with van der Waals surface area (Å²) in [7, 11) is 0. The number of benzene rings is 2. The molecule has 104 valence electrons. The van der Waals surface area contributed by atoms with Gasteiger partial charge in [-0.15, -0.1) is 0 Å². The highest BCUT2D eigenvalue weighted by molar-refractivity contribution is 14.1. The van der Waals surface area contributed by atoms with E-state index >= 15 is 0 Å². The molecule has 0 bridgehead atoms. The first-order valence-electron chi connectivity index (χ1n) is 6.33. The third-order valence-electron chi connectivity index (χ3n) is 2.99. The normalized spacial score (nSPS) is 10.7. The summed E-state index contributed by atoms with van der Waals surface area (Å²) >= 11 is 8.18. The highest BCUT2D eigenvalue weighted by atomic mass is 127. The van der Waals surface area contributed by atoms with Crippen LogP contribution in [0.1, 0.15) is 35.7 Å². The van der Waals surface area contributed by atoms with Crippen LogP contribution in [0.5, 0.6) is 0 Å². The predicted octanol–water partition coefficient (Wildman–Crippen LogP) is 5.32. The standard InChI is InChI=1S/C16H15ClINO/c1-10(2)11-4-3-5-13(8-11)19-16(20)12-6-7-15(18)14(17)9-12/h3-10H,1-2H3,(H,19,20). The molecular weight excluding hydrogens is 385 g/mol. The van der Waals surface area contributed by atoms with Crippen LogP contribution in [0.4, 0.5) is 5.69 Å². The van der Waals surface area contributed by atoms with E-state index in [1.54, 1.807) is 12.1 Å². The number of hydrogen-bond donors (Lipinski definition) is 1. The van der Waals surface area contributed by atoms with E-state index in [1.807, 2.05) is 24.3 Å². The second-order valence-corrected chi connectivity index (χ2v) is 6.43. The van der Waals surface area contributed by atoms with E-state index in [2.05, 4.69) is 47.8 Å². The van der Waals surface area contributed by atoms with E-state index in [0.29, 0.717) is 16.5 Å². The summed E-state index contributed by atoms with van der Waals surface area (Å²) < 4.78 is 0.933. The molecule has 2 nitrogen and oxygen atoms in total. The zero-order valence-electron chi connectivity index (χ0n) is 11.3. The Bertz CT molecular complexity index is 640. The summed E-state index contributed by atoms with van der Waals surface area (Å²) in [6.45, 7) is 4.25. The molecule has 2 aromatic rings. The van der Waals surface area contributed by atoms with Gasteiger partial charge in [0.25, 0.3) is 5.91 Å². The summed E-state index contributed by atoms with van der Waals surface area (Å²) in [6.07, 6.45) is 0. The molecule has 1 N–H and O–H groups in total. The van der Waals surface area contributed by atoms with Gasteiger partial charge in [0.05, 0.1) is 5.02 Å². The van der Waals surface area contributed by atoms with Crippen LogP contribution in [0.3, 0.4) is 0 Å². The molecule has 4 heteroatoms. The van der Waals surface area contributed by atoms with E-state index in [0.717, 1.165) is 9.26 Å². The van der Waals surface area contributed by atoms with Gasteiger partial charge in [0, 0.05) is 14.8 Å². The lowest BCUT2D eigenvalue weighted by Crippen LogP contribution is -2.12. The first-order valence-corrected chi connectivity index (χ1v) is 7.79. The summed E-state index contributed by atoms with van der Waals surface area (Å²) in [5.41, 5.74) is 2.56. The van der Waals surface area contributed by atoms with Crippen molar-refractivity contribution in [3.8, 4) is 0 Å². The fourth-order valence-electron chi connectivity index (χ4n) is 1.82. The fourth-order valence-corrected chi connectivity index (χ4v) is 2.33. The zero-order chi connectivity index (χ0) is 14.7. The Morgan fingerprint density at radius 3 is 2.60 bits per heavy atom. The van der Waals surface area contributed by atoms with Crippen LogP contribution < -0.4 is 5.32 Å². The van der Waals surface area contributed by atoms with E-state index < -0.39 is 0 Å². The number of carbonyl (C=O) groups excluding carboxylic acids is 1. The van der Waals surface area contributed by atoms with Crippen molar-refractivity contribution in [3.63, 3.8) is 0 Å². The van der Waals surface area contributed by atoms with Crippen LogP contribution in [0.25, 0.3) is 0 Å². The predicted molar refractivity (Wildman–Crippen MR) is 92.7 cm³/mol. The molecule has 0 spiro atoms. The van der Waals surface area contributed by atoms with Crippen molar-refractivity contribution in [3.05, 3.63) is 62.2 Å². The van der Waals surface area contributed by atoms with Gasteiger partial charge in [0.1, 0.15) is 0 Å². The van der Waals surface area contributed by atoms with Crippen LogP contribution in [-0.2, 0) is 0 Å². The highest BCUT2D eigenvalue weighted by Crippen LogP contribution is 2.22. The Morgan fingerprint density at radius 2 is 1.95 bits per heavy atom. The molecule has 2 rings (SSSR count). The minimum Gasteiger partial charge on any atom is -0.322 e. The Kier molecular flexibility index (Phi) is 5.05. The maximum atomic E-state index is 12.2. The number of nitrogens with one attached hydrogen (secondary N) is 1. The van der Waals surface area contributed by atoms with E-state index in [9.17, 15) is 4.79 Å². The number of carbonyl (C=O) groups is 1. The molecule has 20 heavy (non-hydrogen) atoms. The Hall–Kier alpha value is -1.07. The second-order valence-electron chi connectivity index (χ2n) is 4.86. The first kappa shape index (κ1) is 15.3. The minimum absolute atomic E-state index is 0.149. The van der Waals surface area contributed by atoms with Gasteiger partial charge in [-0.05, 0) is 64.4 Å². The first-order chi connectivity index (χ1) is 9.47. The number of hydrogen-bond acceptors (Lipinski definition) is 1. The highest BCUT2D eigenvalue weighted by Gasteiger charge is 2.09. The topological polar surface area (TPSA) is 29.1 Å². The summed E-state index contributed by atoms with van der Waals surface area (Å²) in [5.74, 6) is 0.281. The lowest BCUT2D eigenvalue weighted by Gasteiger charge is -2.10. The SMILES string of the molecule is CC(C)c1cccc(NC(=O)c2ccc(I)c(Cl)c2)c1. The van der Waals surface area contributed by atoms with Crippen molar-refractivity contribution in [2.24, 2.45) is 0 Å². The van der Waals surface area contributed by atoms with Crippen LogP contribution >= 0.6 is 34.2 Å². The number of halogens is 2. The Labute approximate surface area is 137 Å². The van der Waals surface area contributed by atoms with Crippen LogP contribution in [0.2, 0.25) is 5.02 Å². The third kappa shape index (κ3) is 3.73. The van der Waals surface area contributed by atoms with E-state index in [1.165, 1.54) is 5.56 Å².